The molecule has 0 bridgehead atoms. The van der Waals surface area contributed by atoms with E-state index in [1.165, 1.54) is 18.4 Å². The molecule has 0 aliphatic rings. The first kappa shape index (κ1) is 10.7. The molecule has 0 aliphatic heterocycles. The van der Waals surface area contributed by atoms with Gasteiger partial charge in [0, 0.05) is 6.04 Å². The predicted molar refractivity (Wildman–Crippen MR) is 51.5 cm³/mol. The van der Waals surface area contributed by atoms with Crippen LogP contribution >= 0.6 is 0 Å². The van der Waals surface area contributed by atoms with E-state index >= 15 is 0 Å². The van der Waals surface area contributed by atoms with Crippen molar-refractivity contribution in [2.75, 3.05) is 0 Å². The minimum Gasteiger partial charge on any atom is -0.325 e. The minimum atomic E-state index is 0.210. The van der Waals surface area contributed by atoms with Crippen LogP contribution in [0.5, 0.6) is 0 Å². The molecule has 1 unspecified atom stereocenters. The van der Waals surface area contributed by atoms with Gasteiger partial charge in [-0.3, -0.25) is 0 Å². The summed E-state index contributed by atoms with van der Waals surface area (Å²) in [5, 5.41) is 0. The van der Waals surface area contributed by atoms with Gasteiger partial charge in [0.25, 0.3) is 0 Å². The van der Waals surface area contributed by atoms with Gasteiger partial charge in [-0.1, -0.05) is 25.5 Å². The van der Waals surface area contributed by atoms with Gasteiger partial charge in [0.1, 0.15) is 0 Å². The number of hydrogen-bond donors (Lipinski definition) is 1. The molecule has 0 heterocycles. The van der Waals surface area contributed by atoms with Crippen LogP contribution in [0.2, 0.25) is 0 Å². The number of allylic oxidation sites excluding steroid dienone is 1. The monoisotopic (exact) mass is 155 g/mol. The Kier molecular flexibility index (Phi) is 5.22. The summed E-state index contributed by atoms with van der Waals surface area (Å²) in [6.45, 7) is 8.67. The van der Waals surface area contributed by atoms with Crippen molar-refractivity contribution < 1.29 is 0 Å². The second-order valence-corrected chi connectivity index (χ2v) is 3.80. The molecule has 66 valence electrons. The summed E-state index contributed by atoms with van der Waals surface area (Å²) >= 11 is 0. The van der Waals surface area contributed by atoms with Gasteiger partial charge < -0.3 is 5.73 Å². The molecule has 1 atom stereocenters. The van der Waals surface area contributed by atoms with Crippen molar-refractivity contribution in [3.8, 4) is 0 Å². The second kappa shape index (κ2) is 5.36. The fourth-order valence-corrected chi connectivity index (χ4v) is 1.05. The predicted octanol–water partition coefficient (Wildman–Crippen LogP) is 2.72. The van der Waals surface area contributed by atoms with Crippen LogP contribution in [0.15, 0.2) is 11.6 Å². The van der Waals surface area contributed by atoms with Crippen LogP contribution in [-0.2, 0) is 0 Å². The van der Waals surface area contributed by atoms with E-state index in [0.29, 0.717) is 0 Å². The topological polar surface area (TPSA) is 26.0 Å². The molecule has 0 radical (unpaired) electrons. The van der Waals surface area contributed by atoms with Crippen LogP contribution in [0.25, 0.3) is 0 Å². The van der Waals surface area contributed by atoms with E-state index in [4.69, 9.17) is 5.73 Å². The zero-order chi connectivity index (χ0) is 8.85. The largest absolute Gasteiger partial charge is 0.325 e. The van der Waals surface area contributed by atoms with Gasteiger partial charge in [-0.15, -0.1) is 0 Å². The molecule has 0 saturated carbocycles. The molecule has 0 aromatic heterocycles. The van der Waals surface area contributed by atoms with Crippen LogP contribution in [0.3, 0.4) is 0 Å². The molecule has 1 nitrogen and oxygen atoms in total. The summed E-state index contributed by atoms with van der Waals surface area (Å²) in [5.74, 6) is 0.798. The van der Waals surface area contributed by atoms with Crippen molar-refractivity contribution in [1.29, 1.82) is 0 Å². The zero-order valence-electron chi connectivity index (χ0n) is 8.22. The quantitative estimate of drug-likeness (QED) is 0.621. The minimum absolute atomic E-state index is 0.210. The lowest BCUT2D eigenvalue weighted by atomic mass is 10.0. The normalized spacial score (nSPS) is 15.6. The molecular formula is C10H21N. The Morgan fingerprint density at radius 3 is 2.27 bits per heavy atom. The fraction of sp³-hybridized carbons (Fsp3) is 0.800. The Morgan fingerprint density at radius 2 is 1.91 bits per heavy atom. The van der Waals surface area contributed by atoms with Crippen molar-refractivity contribution in [2.24, 2.45) is 11.7 Å². The van der Waals surface area contributed by atoms with E-state index in [1.807, 2.05) is 6.92 Å². The molecule has 0 aromatic carbocycles. The average Bonchev–Trinajstić information content (AvgIpc) is 1.82. The summed E-state index contributed by atoms with van der Waals surface area (Å²) in [6, 6.07) is 0.210. The Balaban J connectivity index is 3.59. The van der Waals surface area contributed by atoms with Crippen LogP contribution in [0.1, 0.15) is 40.5 Å². The van der Waals surface area contributed by atoms with E-state index in [1.54, 1.807) is 0 Å². The highest BCUT2D eigenvalue weighted by Crippen LogP contribution is 2.10. The molecule has 0 aromatic rings. The van der Waals surface area contributed by atoms with Crippen molar-refractivity contribution in [3.05, 3.63) is 11.6 Å². The van der Waals surface area contributed by atoms with Crippen LogP contribution in [-0.4, -0.2) is 6.04 Å². The van der Waals surface area contributed by atoms with Crippen molar-refractivity contribution in [1.82, 2.24) is 0 Å². The third-order valence-electron chi connectivity index (χ3n) is 1.66. The summed E-state index contributed by atoms with van der Waals surface area (Å²) in [4.78, 5) is 0. The highest BCUT2D eigenvalue weighted by atomic mass is 14.6. The molecular weight excluding hydrogens is 134 g/mol. The van der Waals surface area contributed by atoms with Gasteiger partial charge in [-0.25, -0.2) is 0 Å². The number of hydrogen-bond acceptors (Lipinski definition) is 1. The summed E-state index contributed by atoms with van der Waals surface area (Å²) < 4.78 is 0. The maximum atomic E-state index is 5.62. The smallest absolute Gasteiger partial charge is 0.0197 e. The van der Waals surface area contributed by atoms with E-state index in [0.717, 1.165) is 5.92 Å². The van der Waals surface area contributed by atoms with E-state index in [2.05, 4.69) is 26.8 Å². The summed E-state index contributed by atoms with van der Waals surface area (Å²) in [5.41, 5.74) is 7.05. The van der Waals surface area contributed by atoms with Gasteiger partial charge in [-0.2, -0.15) is 0 Å². The summed E-state index contributed by atoms with van der Waals surface area (Å²) in [7, 11) is 0. The Labute approximate surface area is 70.7 Å². The number of nitrogens with two attached hydrogens (primary N) is 1. The second-order valence-electron chi connectivity index (χ2n) is 3.80. The third kappa shape index (κ3) is 7.60. The van der Waals surface area contributed by atoms with Crippen molar-refractivity contribution in [2.45, 2.75) is 46.6 Å². The van der Waals surface area contributed by atoms with Gasteiger partial charge in [0.15, 0.2) is 0 Å². The van der Waals surface area contributed by atoms with Gasteiger partial charge >= 0.3 is 0 Å². The lowest BCUT2D eigenvalue weighted by molar-refractivity contribution is 0.583. The van der Waals surface area contributed by atoms with Crippen LogP contribution in [0, 0.1) is 5.92 Å². The molecule has 11 heavy (non-hydrogen) atoms. The number of rotatable bonds is 4. The van der Waals surface area contributed by atoms with Crippen molar-refractivity contribution >= 4 is 0 Å². The SMILES string of the molecule is C/C(=C\C(C)N)CCC(C)C. The van der Waals surface area contributed by atoms with Gasteiger partial charge in [0.05, 0.1) is 0 Å². The molecule has 1 heteroatoms. The maximum absolute atomic E-state index is 5.62. The first-order chi connectivity index (χ1) is 5.02. The van der Waals surface area contributed by atoms with E-state index in [-0.39, 0.29) is 6.04 Å². The first-order valence-electron chi connectivity index (χ1n) is 4.45. The molecule has 0 aliphatic carbocycles. The van der Waals surface area contributed by atoms with Gasteiger partial charge in [-0.05, 0) is 32.6 Å². The van der Waals surface area contributed by atoms with E-state index < -0.39 is 0 Å². The standard InChI is InChI=1S/C10H21N/c1-8(2)5-6-9(3)7-10(4)11/h7-8,10H,5-6,11H2,1-4H3/b9-7+. The van der Waals surface area contributed by atoms with Crippen LogP contribution in [0.4, 0.5) is 0 Å². The molecule has 0 fully saturated rings. The third-order valence-corrected chi connectivity index (χ3v) is 1.66. The average molecular weight is 155 g/mol. The Hall–Kier alpha value is -0.300. The first-order valence-corrected chi connectivity index (χ1v) is 4.45. The van der Waals surface area contributed by atoms with Gasteiger partial charge in [0.2, 0.25) is 0 Å². The molecule has 0 amide bonds. The molecule has 0 spiro atoms. The lowest BCUT2D eigenvalue weighted by Crippen LogP contribution is -2.11. The molecule has 2 N–H and O–H groups in total. The zero-order valence-corrected chi connectivity index (χ0v) is 8.22. The highest BCUT2D eigenvalue weighted by Gasteiger charge is 1.95. The van der Waals surface area contributed by atoms with Crippen LogP contribution < -0.4 is 5.73 Å². The highest BCUT2D eigenvalue weighted by molar-refractivity contribution is 5.01. The lowest BCUT2D eigenvalue weighted by Gasteiger charge is -2.05. The fourth-order valence-electron chi connectivity index (χ4n) is 1.05. The molecule has 0 saturated heterocycles. The van der Waals surface area contributed by atoms with Crippen molar-refractivity contribution in [3.63, 3.8) is 0 Å². The Morgan fingerprint density at radius 1 is 1.36 bits per heavy atom. The maximum Gasteiger partial charge on any atom is 0.0197 e. The molecule has 0 rings (SSSR count). The summed E-state index contributed by atoms with van der Waals surface area (Å²) in [6.07, 6.45) is 4.61. The van der Waals surface area contributed by atoms with E-state index in [9.17, 15) is 0 Å². The Bertz CT molecular complexity index is 123.